The summed E-state index contributed by atoms with van der Waals surface area (Å²) in [6.45, 7) is 2.15. The summed E-state index contributed by atoms with van der Waals surface area (Å²) < 4.78 is 5.63. The van der Waals surface area contributed by atoms with Gasteiger partial charge in [-0.3, -0.25) is 9.59 Å². The molecule has 1 aliphatic carbocycles. The minimum Gasteiger partial charge on any atom is -0.486 e. The zero-order chi connectivity index (χ0) is 18.0. The van der Waals surface area contributed by atoms with E-state index < -0.39 is 11.4 Å². The van der Waals surface area contributed by atoms with E-state index in [2.05, 4.69) is 10.3 Å². The lowest BCUT2D eigenvalue weighted by atomic mass is 10.1. The van der Waals surface area contributed by atoms with Crippen molar-refractivity contribution >= 4 is 34.8 Å². The number of thiazole rings is 1. The molecule has 0 saturated heterocycles. The second-order valence-electron chi connectivity index (χ2n) is 6.03. The second-order valence-corrected chi connectivity index (χ2v) is 7.55. The lowest BCUT2D eigenvalue weighted by Gasteiger charge is -2.10. The Kier molecular flexibility index (Phi) is 4.96. The van der Waals surface area contributed by atoms with E-state index in [0.717, 1.165) is 0 Å². The van der Waals surface area contributed by atoms with Gasteiger partial charge in [0.05, 0.1) is 11.1 Å². The van der Waals surface area contributed by atoms with Crippen molar-refractivity contribution in [1.29, 1.82) is 0 Å². The molecule has 8 heteroatoms. The standard InChI is InChI=1S/C17H17ClN2O4S/c1-10-14(15(21)19-9-17(6-7-17)16(22)23)25-13(20-10)8-24-12-4-2-11(18)3-5-12/h2-5H,6-9H2,1H3,(H,19,21)(H,22,23). The Hall–Kier alpha value is -2.12. The zero-order valence-corrected chi connectivity index (χ0v) is 15.1. The van der Waals surface area contributed by atoms with Crippen LogP contribution in [0, 0.1) is 12.3 Å². The SMILES string of the molecule is Cc1nc(COc2ccc(Cl)cc2)sc1C(=O)NCC1(C(=O)O)CC1. The minimum atomic E-state index is -0.856. The van der Waals surface area contributed by atoms with Crippen LogP contribution in [-0.2, 0) is 11.4 Å². The summed E-state index contributed by atoms with van der Waals surface area (Å²) in [5, 5.41) is 13.2. The average Bonchev–Trinajstić information content (AvgIpc) is 3.29. The van der Waals surface area contributed by atoms with Gasteiger partial charge >= 0.3 is 5.97 Å². The average molecular weight is 381 g/mol. The van der Waals surface area contributed by atoms with Crippen molar-refractivity contribution in [3.05, 3.63) is 44.9 Å². The van der Waals surface area contributed by atoms with Gasteiger partial charge in [0, 0.05) is 11.6 Å². The molecule has 0 aliphatic heterocycles. The van der Waals surface area contributed by atoms with Crippen LogP contribution in [0.5, 0.6) is 5.75 Å². The highest BCUT2D eigenvalue weighted by Gasteiger charge is 2.50. The normalized spacial score (nSPS) is 14.8. The number of amides is 1. The van der Waals surface area contributed by atoms with E-state index in [-0.39, 0.29) is 19.1 Å². The molecular formula is C17H17ClN2O4S. The minimum absolute atomic E-state index is 0.148. The van der Waals surface area contributed by atoms with E-state index >= 15 is 0 Å². The summed E-state index contributed by atoms with van der Waals surface area (Å²) in [7, 11) is 0. The maximum absolute atomic E-state index is 12.3. The first kappa shape index (κ1) is 17.7. The fraction of sp³-hybridized carbons (Fsp3) is 0.353. The van der Waals surface area contributed by atoms with Crippen LogP contribution < -0.4 is 10.1 Å². The highest BCUT2D eigenvalue weighted by molar-refractivity contribution is 7.13. The molecule has 25 heavy (non-hydrogen) atoms. The maximum atomic E-state index is 12.3. The summed E-state index contributed by atoms with van der Waals surface area (Å²) in [4.78, 5) is 28.3. The van der Waals surface area contributed by atoms with Gasteiger partial charge in [-0.25, -0.2) is 4.98 Å². The number of rotatable bonds is 7. The molecule has 1 aromatic heterocycles. The second kappa shape index (κ2) is 7.01. The highest BCUT2D eigenvalue weighted by Crippen LogP contribution is 2.45. The molecule has 0 unspecified atom stereocenters. The molecule has 132 valence electrons. The van der Waals surface area contributed by atoms with Gasteiger partial charge in [0.15, 0.2) is 0 Å². The number of nitrogens with one attached hydrogen (secondary N) is 1. The molecule has 0 spiro atoms. The molecule has 0 bridgehead atoms. The van der Waals surface area contributed by atoms with Gasteiger partial charge in [-0.1, -0.05) is 11.6 Å². The summed E-state index contributed by atoms with van der Waals surface area (Å²) in [5.74, 6) is -0.480. The first-order valence-corrected chi connectivity index (χ1v) is 8.95. The number of carbonyl (C=O) groups is 2. The Balaban J connectivity index is 1.58. The van der Waals surface area contributed by atoms with Crippen LogP contribution >= 0.6 is 22.9 Å². The molecule has 1 heterocycles. The van der Waals surface area contributed by atoms with Gasteiger partial charge in [0.1, 0.15) is 22.2 Å². The quantitative estimate of drug-likeness (QED) is 0.769. The largest absolute Gasteiger partial charge is 0.486 e. The number of benzene rings is 1. The third-order valence-electron chi connectivity index (χ3n) is 4.12. The molecule has 1 aliphatic rings. The topological polar surface area (TPSA) is 88.5 Å². The van der Waals surface area contributed by atoms with Gasteiger partial charge in [-0.2, -0.15) is 0 Å². The number of aliphatic carboxylic acids is 1. The van der Waals surface area contributed by atoms with Crippen LogP contribution in [0.25, 0.3) is 0 Å². The zero-order valence-electron chi connectivity index (χ0n) is 13.5. The van der Waals surface area contributed by atoms with Crippen LogP contribution in [0.3, 0.4) is 0 Å². The summed E-state index contributed by atoms with van der Waals surface area (Å²) in [5.41, 5.74) is -0.174. The number of aryl methyl sites for hydroxylation is 1. The fourth-order valence-corrected chi connectivity index (χ4v) is 3.37. The smallest absolute Gasteiger partial charge is 0.311 e. The number of ether oxygens (including phenoxy) is 1. The van der Waals surface area contributed by atoms with E-state index in [1.165, 1.54) is 11.3 Å². The maximum Gasteiger partial charge on any atom is 0.311 e. The lowest BCUT2D eigenvalue weighted by molar-refractivity contribution is -0.143. The number of nitrogens with zero attached hydrogens (tertiary/aromatic N) is 1. The van der Waals surface area contributed by atoms with Crippen LogP contribution in [0.15, 0.2) is 24.3 Å². The number of carbonyl (C=O) groups excluding carboxylic acids is 1. The summed E-state index contributed by atoms with van der Waals surface area (Å²) in [6, 6.07) is 6.99. The van der Waals surface area contributed by atoms with Crippen molar-refractivity contribution in [2.45, 2.75) is 26.4 Å². The Morgan fingerprint density at radius 2 is 2.04 bits per heavy atom. The Labute approximate surface area is 153 Å². The van der Waals surface area contributed by atoms with E-state index in [9.17, 15) is 9.59 Å². The molecule has 1 amide bonds. The van der Waals surface area contributed by atoms with Crippen LogP contribution in [0.2, 0.25) is 5.02 Å². The molecule has 2 aromatic rings. The van der Waals surface area contributed by atoms with Crippen LogP contribution in [-0.4, -0.2) is 28.5 Å². The van der Waals surface area contributed by atoms with Crippen molar-refractivity contribution in [2.24, 2.45) is 5.41 Å². The van der Waals surface area contributed by atoms with Gasteiger partial charge < -0.3 is 15.2 Å². The first-order chi connectivity index (χ1) is 11.9. The van der Waals surface area contributed by atoms with Crippen molar-refractivity contribution in [3.63, 3.8) is 0 Å². The molecule has 1 aromatic carbocycles. The summed E-state index contributed by atoms with van der Waals surface area (Å²) in [6.07, 6.45) is 1.20. The van der Waals surface area contributed by atoms with Crippen LogP contribution in [0.4, 0.5) is 0 Å². The third-order valence-corrected chi connectivity index (χ3v) is 5.50. The molecule has 1 saturated carbocycles. The Morgan fingerprint density at radius 3 is 2.64 bits per heavy atom. The monoisotopic (exact) mass is 380 g/mol. The third kappa shape index (κ3) is 4.11. The van der Waals surface area contributed by atoms with Gasteiger partial charge in [-0.15, -0.1) is 11.3 Å². The number of hydrogen-bond donors (Lipinski definition) is 2. The first-order valence-electron chi connectivity index (χ1n) is 7.76. The molecule has 3 rings (SSSR count). The Morgan fingerprint density at radius 1 is 1.36 bits per heavy atom. The summed E-state index contributed by atoms with van der Waals surface area (Å²) >= 11 is 7.07. The van der Waals surface area contributed by atoms with Crippen molar-refractivity contribution in [1.82, 2.24) is 10.3 Å². The number of hydrogen-bond acceptors (Lipinski definition) is 5. The van der Waals surface area contributed by atoms with E-state index in [1.54, 1.807) is 31.2 Å². The predicted octanol–water partition coefficient (Wildman–Crippen LogP) is 3.28. The number of carboxylic acid groups (broad SMARTS) is 1. The highest BCUT2D eigenvalue weighted by atomic mass is 35.5. The molecule has 0 radical (unpaired) electrons. The van der Waals surface area contributed by atoms with E-state index in [0.29, 0.717) is 39.2 Å². The number of aromatic nitrogens is 1. The van der Waals surface area contributed by atoms with E-state index in [4.69, 9.17) is 21.4 Å². The molecular weight excluding hydrogens is 364 g/mol. The molecule has 2 N–H and O–H groups in total. The van der Waals surface area contributed by atoms with Gasteiger partial charge in [0.25, 0.3) is 5.91 Å². The Bertz CT molecular complexity index is 799. The van der Waals surface area contributed by atoms with Crippen molar-refractivity contribution in [3.8, 4) is 5.75 Å². The van der Waals surface area contributed by atoms with Crippen LogP contribution in [0.1, 0.15) is 33.2 Å². The van der Waals surface area contributed by atoms with Crippen molar-refractivity contribution < 1.29 is 19.4 Å². The number of carboxylic acids is 1. The van der Waals surface area contributed by atoms with Crippen molar-refractivity contribution in [2.75, 3.05) is 6.54 Å². The lowest BCUT2D eigenvalue weighted by Crippen LogP contribution is -2.34. The molecule has 0 atom stereocenters. The van der Waals surface area contributed by atoms with E-state index in [1.807, 2.05) is 0 Å². The predicted molar refractivity (Wildman–Crippen MR) is 94.3 cm³/mol. The molecule has 1 fully saturated rings. The molecule has 6 nitrogen and oxygen atoms in total. The number of halogens is 1. The van der Waals surface area contributed by atoms with Gasteiger partial charge in [-0.05, 0) is 44.0 Å². The fourth-order valence-electron chi connectivity index (χ4n) is 2.35. The van der Waals surface area contributed by atoms with Gasteiger partial charge in [0.2, 0.25) is 0 Å².